The summed E-state index contributed by atoms with van der Waals surface area (Å²) in [5.41, 5.74) is 2.83. The van der Waals surface area contributed by atoms with E-state index in [1.165, 1.54) is 0 Å². The molecule has 1 aliphatic heterocycles. The molecule has 0 unspecified atom stereocenters. The summed E-state index contributed by atoms with van der Waals surface area (Å²) in [6.45, 7) is 3.12. The van der Waals surface area contributed by atoms with Crippen LogP contribution in [0.15, 0.2) is 71.4 Å². The third kappa shape index (κ3) is 4.88. The van der Waals surface area contributed by atoms with Crippen LogP contribution in [0.25, 0.3) is 11.3 Å². The Kier molecular flexibility index (Phi) is 6.03. The number of anilines is 5. The van der Waals surface area contributed by atoms with Crippen LogP contribution in [0.3, 0.4) is 0 Å². The minimum Gasteiger partial charge on any atom is -0.495 e. The molecule has 1 aliphatic rings. The molecule has 0 aliphatic carbocycles. The Balaban J connectivity index is 1.29. The Morgan fingerprint density at radius 2 is 1.79 bits per heavy atom. The lowest BCUT2D eigenvalue weighted by molar-refractivity contribution is 0.122. The number of hydrogen-bond acceptors (Lipinski definition) is 9. The smallest absolute Gasteiger partial charge is 0.229 e. The molecule has 9 heteroatoms. The molecule has 0 bridgehead atoms. The van der Waals surface area contributed by atoms with E-state index in [9.17, 15) is 0 Å². The second-order valence-electron chi connectivity index (χ2n) is 7.44. The molecule has 0 spiro atoms. The Bertz CT molecular complexity index is 1210. The first-order valence-corrected chi connectivity index (χ1v) is 10.7. The molecule has 33 heavy (non-hydrogen) atoms. The molecule has 1 saturated heterocycles. The maximum atomic E-state index is 5.62. The van der Waals surface area contributed by atoms with Gasteiger partial charge in [-0.25, -0.2) is 4.98 Å². The molecule has 0 atom stereocenters. The van der Waals surface area contributed by atoms with Gasteiger partial charge in [0.2, 0.25) is 5.95 Å². The zero-order valence-electron chi connectivity index (χ0n) is 18.2. The van der Waals surface area contributed by atoms with Crippen molar-refractivity contribution >= 4 is 29.0 Å². The van der Waals surface area contributed by atoms with Crippen LogP contribution < -0.4 is 20.3 Å². The van der Waals surface area contributed by atoms with Gasteiger partial charge in [-0.2, -0.15) is 4.98 Å². The summed E-state index contributed by atoms with van der Waals surface area (Å²) >= 11 is 0. The standard InChI is InChI=1S/C24H24N6O3/c1-31-21-15-18(7-8-19(21)30-11-13-32-14-12-30)26-24-25-10-9-22(28-24)27-23-16-20(33-29-23)17-5-3-2-4-6-17/h2-10,15-16H,11-14H2,1H3,(H2,25,26,27,28,29). The zero-order valence-corrected chi connectivity index (χ0v) is 18.2. The van der Waals surface area contributed by atoms with Gasteiger partial charge in [-0.3, -0.25) is 0 Å². The van der Waals surface area contributed by atoms with Gasteiger partial charge in [0.05, 0.1) is 26.0 Å². The van der Waals surface area contributed by atoms with Gasteiger partial charge < -0.3 is 29.5 Å². The van der Waals surface area contributed by atoms with E-state index >= 15 is 0 Å². The Hall–Kier alpha value is -4.11. The SMILES string of the molecule is COc1cc(Nc2nccc(Nc3cc(-c4ccccc4)on3)n2)ccc1N1CCOCC1. The van der Waals surface area contributed by atoms with Gasteiger partial charge in [0.1, 0.15) is 11.6 Å². The molecule has 0 radical (unpaired) electrons. The van der Waals surface area contributed by atoms with E-state index in [-0.39, 0.29) is 0 Å². The number of rotatable bonds is 7. The second-order valence-corrected chi connectivity index (χ2v) is 7.44. The molecule has 0 amide bonds. The van der Waals surface area contributed by atoms with Gasteiger partial charge >= 0.3 is 0 Å². The third-order valence-electron chi connectivity index (χ3n) is 5.27. The highest BCUT2D eigenvalue weighted by molar-refractivity contribution is 5.68. The summed E-state index contributed by atoms with van der Waals surface area (Å²) in [7, 11) is 1.67. The Morgan fingerprint density at radius 1 is 0.939 bits per heavy atom. The van der Waals surface area contributed by atoms with Crippen LogP contribution in [-0.4, -0.2) is 48.5 Å². The number of aromatic nitrogens is 3. The lowest BCUT2D eigenvalue weighted by atomic mass is 10.2. The number of morpholine rings is 1. The number of benzene rings is 2. The highest BCUT2D eigenvalue weighted by Crippen LogP contribution is 2.32. The quantitative estimate of drug-likeness (QED) is 0.428. The summed E-state index contributed by atoms with van der Waals surface area (Å²) in [4.78, 5) is 11.1. The van der Waals surface area contributed by atoms with Crippen molar-refractivity contribution in [2.24, 2.45) is 0 Å². The summed E-state index contributed by atoms with van der Waals surface area (Å²) in [6.07, 6.45) is 1.68. The predicted octanol–water partition coefficient (Wildman–Crippen LogP) is 4.46. The third-order valence-corrected chi connectivity index (χ3v) is 5.27. The van der Waals surface area contributed by atoms with Gasteiger partial charge in [0.25, 0.3) is 0 Å². The molecule has 5 rings (SSSR count). The van der Waals surface area contributed by atoms with Crippen LogP contribution in [0.1, 0.15) is 0 Å². The van der Waals surface area contributed by atoms with Crippen LogP contribution in [0.4, 0.5) is 29.0 Å². The van der Waals surface area contributed by atoms with Crippen LogP contribution in [0, 0.1) is 0 Å². The molecule has 2 N–H and O–H groups in total. The number of ether oxygens (including phenoxy) is 2. The predicted molar refractivity (Wildman–Crippen MR) is 127 cm³/mol. The first-order valence-electron chi connectivity index (χ1n) is 10.7. The van der Waals surface area contributed by atoms with Crippen molar-refractivity contribution in [2.75, 3.05) is 48.9 Å². The highest BCUT2D eigenvalue weighted by Gasteiger charge is 2.16. The molecule has 2 aromatic carbocycles. The molecule has 168 valence electrons. The highest BCUT2D eigenvalue weighted by atomic mass is 16.5. The maximum absolute atomic E-state index is 5.62. The normalized spacial score (nSPS) is 13.5. The molecule has 1 fully saturated rings. The minimum absolute atomic E-state index is 0.452. The average molecular weight is 444 g/mol. The van der Waals surface area contributed by atoms with Crippen molar-refractivity contribution in [1.82, 2.24) is 15.1 Å². The molecule has 9 nitrogen and oxygen atoms in total. The van der Waals surface area contributed by atoms with Crippen LogP contribution in [-0.2, 0) is 4.74 Å². The molecule has 4 aromatic rings. The Morgan fingerprint density at radius 3 is 2.61 bits per heavy atom. The molecule has 3 heterocycles. The number of hydrogen-bond donors (Lipinski definition) is 2. The van der Waals surface area contributed by atoms with Crippen LogP contribution >= 0.6 is 0 Å². The first kappa shape index (κ1) is 20.8. The largest absolute Gasteiger partial charge is 0.495 e. The van der Waals surface area contributed by atoms with Gasteiger partial charge in [-0.1, -0.05) is 35.5 Å². The number of nitrogens with one attached hydrogen (secondary N) is 2. The number of methoxy groups -OCH3 is 1. The Labute approximate surface area is 191 Å². The molecule has 0 saturated carbocycles. The van der Waals surface area contributed by atoms with Crippen molar-refractivity contribution in [2.45, 2.75) is 0 Å². The second kappa shape index (κ2) is 9.58. The molecular weight excluding hydrogens is 420 g/mol. The summed E-state index contributed by atoms with van der Waals surface area (Å²) < 4.78 is 16.5. The summed E-state index contributed by atoms with van der Waals surface area (Å²) in [5, 5.41) is 10.5. The molecule has 2 aromatic heterocycles. The lowest BCUT2D eigenvalue weighted by Gasteiger charge is -2.30. The fourth-order valence-corrected chi connectivity index (χ4v) is 3.64. The van der Waals surface area contributed by atoms with E-state index < -0.39 is 0 Å². The number of nitrogens with zero attached hydrogens (tertiary/aromatic N) is 4. The van der Waals surface area contributed by atoms with Crippen molar-refractivity contribution in [3.05, 3.63) is 66.9 Å². The van der Waals surface area contributed by atoms with Crippen LogP contribution in [0.2, 0.25) is 0 Å². The molecular formula is C24H24N6O3. The van der Waals surface area contributed by atoms with Gasteiger partial charge in [0.15, 0.2) is 11.6 Å². The first-order chi connectivity index (χ1) is 16.3. The lowest BCUT2D eigenvalue weighted by Crippen LogP contribution is -2.36. The van der Waals surface area contributed by atoms with E-state index in [0.717, 1.165) is 49.0 Å². The van der Waals surface area contributed by atoms with Crippen molar-refractivity contribution in [1.29, 1.82) is 0 Å². The van der Waals surface area contributed by atoms with Gasteiger partial charge in [0, 0.05) is 42.7 Å². The van der Waals surface area contributed by atoms with E-state index in [1.807, 2.05) is 54.6 Å². The topological polar surface area (TPSA) is 97.6 Å². The average Bonchev–Trinajstić information content (AvgIpc) is 3.34. The van der Waals surface area contributed by atoms with E-state index in [2.05, 4.69) is 30.7 Å². The zero-order chi connectivity index (χ0) is 22.5. The fraction of sp³-hybridized carbons (Fsp3) is 0.208. The summed E-state index contributed by atoms with van der Waals surface area (Å²) in [5.74, 6) is 3.07. The van der Waals surface area contributed by atoms with E-state index in [0.29, 0.717) is 23.3 Å². The van der Waals surface area contributed by atoms with Crippen molar-refractivity contribution < 1.29 is 14.0 Å². The van der Waals surface area contributed by atoms with Gasteiger partial charge in [-0.15, -0.1) is 0 Å². The maximum Gasteiger partial charge on any atom is 0.229 e. The van der Waals surface area contributed by atoms with Crippen molar-refractivity contribution in [3.63, 3.8) is 0 Å². The monoisotopic (exact) mass is 444 g/mol. The van der Waals surface area contributed by atoms with Gasteiger partial charge in [-0.05, 0) is 18.2 Å². The summed E-state index contributed by atoms with van der Waals surface area (Å²) in [6, 6.07) is 19.4. The van der Waals surface area contributed by atoms with E-state index in [1.54, 1.807) is 19.4 Å². The van der Waals surface area contributed by atoms with E-state index in [4.69, 9.17) is 14.0 Å². The minimum atomic E-state index is 0.452. The fourth-order valence-electron chi connectivity index (χ4n) is 3.64. The van der Waals surface area contributed by atoms with Crippen LogP contribution in [0.5, 0.6) is 5.75 Å². The van der Waals surface area contributed by atoms with Crippen molar-refractivity contribution in [3.8, 4) is 17.1 Å².